The molecule has 3 N–H and O–H groups in total. The van der Waals surface area contributed by atoms with Crippen LogP contribution in [0.5, 0.6) is 0 Å². The number of nitrogens with one attached hydrogen (secondary N) is 1. The molecule has 1 amide bonds. The number of benzene rings is 2. The molecule has 0 aliphatic heterocycles. The standard InChI is InChI=1S/C16H14N6O5S/c1-27-16(24)10-2-8-13(9-3-10)28(25,26)20-11-4-6-12(7-5-11)22-19-15(14(17)23)18-21-22/h2-9,20H,1H3,(H2,17,23). The van der Waals surface area contributed by atoms with Gasteiger partial charge in [-0.2, -0.15) is 0 Å². The fourth-order valence-electron chi connectivity index (χ4n) is 2.19. The quantitative estimate of drug-likeness (QED) is 0.559. The van der Waals surface area contributed by atoms with Crippen molar-refractivity contribution in [3.8, 4) is 5.69 Å². The molecular weight excluding hydrogens is 388 g/mol. The van der Waals surface area contributed by atoms with E-state index < -0.39 is 21.9 Å². The zero-order valence-corrected chi connectivity index (χ0v) is 15.3. The van der Waals surface area contributed by atoms with Crippen molar-refractivity contribution in [3.63, 3.8) is 0 Å². The van der Waals surface area contributed by atoms with E-state index in [0.29, 0.717) is 5.69 Å². The number of rotatable bonds is 6. The molecule has 0 saturated carbocycles. The van der Waals surface area contributed by atoms with Crippen LogP contribution in [-0.2, 0) is 14.8 Å². The van der Waals surface area contributed by atoms with Crippen LogP contribution in [0, 0.1) is 0 Å². The SMILES string of the molecule is COC(=O)c1ccc(S(=O)(=O)Nc2ccc(-n3nnc(C(N)=O)n3)cc2)cc1. The molecule has 0 unspecified atom stereocenters. The zero-order chi connectivity index (χ0) is 20.3. The van der Waals surface area contributed by atoms with E-state index in [1.807, 2.05) is 0 Å². The minimum absolute atomic E-state index is 0.0201. The molecule has 0 atom stereocenters. The molecule has 0 bridgehead atoms. The monoisotopic (exact) mass is 402 g/mol. The van der Waals surface area contributed by atoms with Crippen LogP contribution in [-0.4, -0.2) is 47.6 Å². The van der Waals surface area contributed by atoms with Crippen LogP contribution >= 0.6 is 0 Å². The molecule has 12 heteroatoms. The van der Waals surface area contributed by atoms with Crippen LogP contribution in [0.25, 0.3) is 5.69 Å². The van der Waals surface area contributed by atoms with Gasteiger partial charge in [0.2, 0.25) is 0 Å². The lowest BCUT2D eigenvalue weighted by atomic mass is 10.2. The summed E-state index contributed by atoms with van der Waals surface area (Å²) in [4.78, 5) is 23.5. The van der Waals surface area contributed by atoms with E-state index in [1.165, 1.54) is 55.6 Å². The van der Waals surface area contributed by atoms with Crippen molar-refractivity contribution in [2.75, 3.05) is 11.8 Å². The third kappa shape index (κ3) is 3.96. The van der Waals surface area contributed by atoms with Crippen molar-refractivity contribution < 1.29 is 22.7 Å². The molecule has 0 spiro atoms. The number of carbonyl (C=O) groups excluding carboxylic acids is 2. The largest absolute Gasteiger partial charge is 0.465 e. The predicted octanol–water partition coefficient (Wildman–Crippen LogP) is 0.349. The lowest BCUT2D eigenvalue weighted by Crippen LogP contribution is -2.14. The summed E-state index contributed by atoms with van der Waals surface area (Å²) in [5.41, 5.74) is 6.04. The highest BCUT2D eigenvalue weighted by atomic mass is 32.2. The van der Waals surface area contributed by atoms with E-state index in [2.05, 4.69) is 24.9 Å². The Morgan fingerprint density at radius 1 is 1.07 bits per heavy atom. The molecule has 0 fully saturated rings. The molecule has 1 aromatic heterocycles. The summed E-state index contributed by atoms with van der Waals surface area (Å²) in [6, 6.07) is 11.4. The Morgan fingerprint density at radius 2 is 1.71 bits per heavy atom. The Morgan fingerprint density at radius 3 is 2.25 bits per heavy atom. The Labute approximate surface area is 159 Å². The average Bonchev–Trinajstić information content (AvgIpc) is 3.18. The molecule has 144 valence electrons. The molecule has 1 heterocycles. The summed E-state index contributed by atoms with van der Waals surface area (Å²) in [5, 5.41) is 11.0. The maximum atomic E-state index is 12.5. The number of anilines is 1. The molecule has 11 nitrogen and oxygen atoms in total. The molecule has 3 aromatic rings. The maximum Gasteiger partial charge on any atom is 0.337 e. The minimum atomic E-state index is -3.86. The van der Waals surface area contributed by atoms with Crippen molar-refractivity contribution in [3.05, 3.63) is 59.9 Å². The van der Waals surface area contributed by atoms with E-state index in [1.54, 1.807) is 0 Å². The number of sulfonamides is 1. The first kappa shape index (κ1) is 19.0. The number of methoxy groups -OCH3 is 1. The van der Waals surface area contributed by atoms with Gasteiger partial charge in [-0.05, 0) is 53.7 Å². The highest BCUT2D eigenvalue weighted by Crippen LogP contribution is 2.18. The molecule has 28 heavy (non-hydrogen) atoms. The number of tetrazole rings is 1. The molecule has 0 aliphatic carbocycles. The van der Waals surface area contributed by atoms with Crippen LogP contribution in [0.4, 0.5) is 5.69 Å². The Hall–Kier alpha value is -3.80. The number of hydrogen-bond donors (Lipinski definition) is 2. The summed E-state index contributed by atoms with van der Waals surface area (Å²) in [5.74, 6) is -1.61. The smallest absolute Gasteiger partial charge is 0.337 e. The lowest BCUT2D eigenvalue weighted by molar-refractivity contribution is 0.0600. The summed E-state index contributed by atoms with van der Waals surface area (Å²) in [6.07, 6.45) is 0. The van der Waals surface area contributed by atoms with Gasteiger partial charge in [-0.25, -0.2) is 13.2 Å². The van der Waals surface area contributed by atoms with Crippen LogP contribution in [0.15, 0.2) is 53.4 Å². The van der Waals surface area contributed by atoms with Gasteiger partial charge in [0.05, 0.1) is 23.3 Å². The number of nitrogens with zero attached hydrogens (tertiary/aromatic N) is 4. The van der Waals surface area contributed by atoms with Crippen LogP contribution in [0.2, 0.25) is 0 Å². The first-order valence-corrected chi connectivity index (χ1v) is 9.20. The number of primary amides is 1. The molecule has 0 saturated heterocycles. The predicted molar refractivity (Wildman–Crippen MR) is 96.3 cm³/mol. The van der Waals surface area contributed by atoms with Gasteiger partial charge in [-0.1, -0.05) is 0 Å². The van der Waals surface area contributed by atoms with Gasteiger partial charge < -0.3 is 10.5 Å². The Kier molecular flexibility index (Phi) is 5.04. The maximum absolute atomic E-state index is 12.5. The Bertz CT molecular complexity index is 1120. The van der Waals surface area contributed by atoms with Gasteiger partial charge in [-0.15, -0.1) is 15.0 Å². The number of ether oxygens (including phenoxy) is 1. The van der Waals surface area contributed by atoms with E-state index in [9.17, 15) is 18.0 Å². The summed E-state index contributed by atoms with van der Waals surface area (Å²) in [7, 11) is -2.62. The molecule has 0 aliphatic rings. The molecular formula is C16H14N6O5S. The van der Waals surface area contributed by atoms with Gasteiger partial charge in [0, 0.05) is 5.69 Å². The number of amides is 1. The van der Waals surface area contributed by atoms with E-state index >= 15 is 0 Å². The average molecular weight is 402 g/mol. The summed E-state index contributed by atoms with van der Waals surface area (Å²) in [6.45, 7) is 0. The van der Waals surface area contributed by atoms with E-state index in [0.717, 1.165) is 4.80 Å². The third-order valence-corrected chi connectivity index (χ3v) is 4.97. The number of nitrogens with two attached hydrogens (primary N) is 1. The number of esters is 1. The lowest BCUT2D eigenvalue weighted by Gasteiger charge is -2.09. The van der Waals surface area contributed by atoms with Crippen molar-refractivity contribution in [2.45, 2.75) is 4.90 Å². The summed E-state index contributed by atoms with van der Waals surface area (Å²) < 4.78 is 31.9. The number of carbonyl (C=O) groups is 2. The number of hydrogen-bond acceptors (Lipinski definition) is 8. The Balaban J connectivity index is 1.77. The van der Waals surface area contributed by atoms with Gasteiger partial charge >= 0.3 is 5.97 Å². The van der Waals surface area contributed by atoms with Crippen LogP contribution < -0.4 is 10.5 Å². The first-order chi connectivity index (χ1) is 13.3. The van der Waals surface area contributed by atoms with E-state index in [4.69, 9.17) is 5.73 Å². The molecule has 0 radical (unpaired) electrons. The fraction of sp³-hybridized carbons (Fsp3) is 0.0625. The minimum Gasteiger partial charge on any atom is -0.465 e. The van der Waals surface area contributed by atoms with Crippen molar-refractivity contribution in [2.24, 2.45) is 5.73 Å². The summed E-state index contributed by atoms with van der Waals surface area (Å²) >= 11 is 0. The second kappa shape index (κ2) is 7.44. The van der Waals surface area contributed by atoms with Gasteiger partial charge in [0.25, 0.3) is 21.8 Å². The van der Waals surface area contributed by atoms with Crippen LogP contribution in [0.3, 0.4) is 0 Å². The van der Waals surface area contributed by atoms with Crippen molar-refractivity contribution >= 4 is 27.6 Å². The fourth-order valence-corrected chi connectivity index (χ4v) is 3.25. The normalized spacial score (nSPS) is 11.0. The molecule has 2 aromatic carbocycles. The zero-order valence-electron chi connectivity index (χ0n) is 14.4. The van der Waals surface area contributed by atoms with Crippen LogP contribution in [0.1, 0.15) is 21.0 Å². The van der Waals surface area contributed by atoms with Gasteiger partial charge in [0.15, 0.2) is 0 Å². The first-order valence-electron chi connectivity index (χ1n) is 7.71. The van der Waals surface area contributed by atoms with E-state index in [-0.39, 0.29) is 22.0 Å². The second-order valence-electron chi connectivity index (χ2n) is 5.44. The number of aromatic nitrogens is 4. The van der Waals surface area contributed by atoms with Gasteiger partial charge in [0.1, 0.15) is 0 Å². The van der Waals surface area contributed by atoms with Crippen molar-refractivity contribution in [1.82, 2.24) is 20.2 Å². The second-order valence-corrected chi connectivity index (χ2v) is 7.12. The van der Waals surface area contributed by atoms with Crippen molar-refractivity contribution in [1.29, 1.82) is 0 Å². The highest BCUT2D eigenvalue weighted by molar-refractivity contribution is 7.92. The van der Waals surface area contributed by atoms with Gasteiger partial charge in [-0.3, -0.25) is 9.52 Å². The molecule has 3 rings (SSSR count). The third-order valence-electron chi connectivity index (χ3n) is 3.57. The topological polar surface area (TPSA) is 159 Å². The highest BCUT2D eigenvalue weighted by Gasteiger charge is 2.16.